The Balaban J connectivity index is 2.64. The predicted molar refractivity (Wildman–Crippen MR) is 104 cm³/mol. The highest BCUT2D eigenvalue weighted by Crippen LogP contribution is 2.40. The molecule has 0 bridgehead atoms. The molecule has 0 radical (unpaired) electrons. The van der Waals surface area contributed by atoms with E-state index in [0.717, 1.165) is 0 Å². The van der Waals surface area contributed by atoms with Crippen LogP contribution >= 0.6 is 0 Å². The third kappa shape index (κ3) is 4.69. The van der Waals surface area contributed by atoms with Crippen molar-refractivity contribution in [3.05, 3.63) is 23.3 Å². The first-order valence-electron chi connectivity index (χ1n) is 9.16. The SMILES string of the molecule is COC(=O)c1c(NC(=O)C(C)(C)C)ccc(C2CCO[C@@H]2CO)c1NC(C)=O. The van der Waals surface area contributed by atoms with E-state index in [1.165, 1.54) is 14.0 Å². The lowest BCUT2D eigenvalue weighted by Crippen LogP contribution is -2.29. The van der Waals surface area contributed by atoms with Gasteiger partial charge in [-0.15, -0.1) is 0 Å². The number of aliphatic hydroxyl groups excluding tert-OH is 1. The molecule has 1 unspecified atom stereocenters. The van der Waals surface area contributed by atoms with Crippen LogP contribution in [0.2, 0.25) is 0 Å². The number of hydrogen-bond donors (Lipinski definition) is 3. The first-order valence-corrected chi connectivity index (χ1v) is 9.16. The van der Waals surface area contributed by atoms with Gasteiger partial charge < -0.3 is 25.2 Å². The van der Waals surface area contributed by atoms with Crippen LogP contribution in [-0.2, 0) is 19.1 Å². The number of carbonyl (C=O) groups excluding carboxylic acids is 3. The minimum absolute atomic E-state index is 0.0661. The summed E-state index contributed by atoms with van der Waals surface area (Å²) in [6, 6.07) is 3.35. The molecule has 1 heterocycles. The molecule has 1 aliphatic rings. The molecule has 2 rings (SSSR count). The molecule has 0 spiro atoms. The fourth-order valence-electron chi connectivity index (χ4n) is 3.15. The van der Waals surface area contributed by atoms with E-state index in [4.69, 9.17) is 9.47 Å². The zero-order chi connectivity index (χ0) is 21.1. The Morgan fingerprint density at radius 1 is 1.25 bits per heavy atom. The summed E-state index contributed by atoms with van der Waals surface area (Å²) in [6.07, 6.45) is 0.194. The maximum absolute atomic E-state index is 12.6. The van der Waals surface area contributed by atoms with Gasteiger partial charge in [0.05, 0.1) is 31.2 Å². The van der Waals surface area contributed by atoms with Gasteiger partial charge in [0.1, 0.15) is 5.56 Å². The number of rotatable bonds is 5. The molecule has 1 fully saturated rings. The molecule has 1 saturated heterocycles. The largest absolute Gasteiger partial charge is 0.465 e. The van der Waals surface area contributed by atoms with Gasteiger partial charge >= 0.3 is 5.97 Å². The minimum atomic E-state index is -0.686. The topological polar surface area (TPSA) is 114 Å². The highest BCUT2D eigenvalue weighted by atomic mass is 16.5. The molecule has 1 aliphatic heterocycles. The van der Waals surface area contributed by atoms with Crippen LogP contribution in [0.5, 0.6) is 0 Å². The number of hydrogen-bond acceptors (Lipinski definition) is 6. The number of carbonyl (C=O) groups is 3. The smallest absolute Gasteiger partial charge is 0.342 e. The van der Waals surface area contributed by atoms with Crippen molar-refractivity contribution in [2.24, 2.45) is 5.41 Å². The van der Waals surface area contributed by atoms with Crippen LogP contribution in [0.3, 0.4) is 0 Å². The monoisotopic (exact) mass is 392 g/mol. The van der Waals surface area contributed by atoms with Gasteiger partial charge in [-0.3, -0.25) is 9.59 Å². The molecule has 8 nitrogen and oxygen atoms in total. The normalized spacial score (nSPS) is 19.2. The molecule has 1 aromatic carbocycles. The molecule has 3 N–H and O–H groups in total. The van der Waals surface area contributed by atoms with E-state index >= 15 is 0 Å². The lowest BCUT2D eigenvalue weighted by atomic mass is 9.88. The second kappa shape index (κ2) is 8.70. The van der Waals surface area contributed by atoms with Gasteiger partial charge in [-0.1, -0.05) is 26.8 Å². The maximum atomic E-state index is 12.6. The van der Waals surface area contributed by atoms with Gasteiger partial charge in [-0.05, 0) is 18.1 Å². The average molecular weight is 392 g/mol. The standard InChI is InChI=1S/C20H28N2O6/c1-11(24)21-17-13(12-8-9-28-15(12)10-23)6-7-14(16(17)18(25)27-5)22-19(26)20(2,3)4/h6-7,12,15,23H,8-10H2,1-5H3,(H,21,24)(H,22,26)/t12?,15-/m1/s1. The molecule has 8 heteroatoms. The molecule has 0 saturated carbocycles. The van der Waals surface area contributed by atoms with Crippen LogP contribution in [0.25, 0.3) is 0 Å². The number of nitrogens with one attached hydrogen (secondary N) is 2. The van der Waals surface area contributed by atoms with Crippen molar-refractivity contribution in [2.45, 2.75) is 46.1 Å². The van der Waals surface area contributed by atoms with E-state index in [1.807, 2.05) is 0 Å². The summed E-state index contributed by atoms with van der Waals surface area (Å²) in [4.78, 5) is 36.9. The number of ether oxygens (including phenoxy) is 2. The van der Waals surface area contributed by atoms with Crippen LogP contribution < -0.4 is 10.6 Å². The van der Waals surface area contributed by atoms with E-state index < -0.39 is 17.5 Å². The Labute approximate surface area is 164 Å². The van der Waals surface area contributed by atoms with E-state index in [-0.39, 0.29) is 41.3 Å². The molecule has 0 aromatic heterocycles. The van der Waals surface area contributed by atoms with Gasteiger partial charge in [0.25, 0.3) is 0 Å². The van der Waals surface area contributed by atoms with Crippen molar-refractivity contribution in [1.29, 1.82) is 0 Å². The number of amides is 2. The number of esters is 1. The van der Waals surface area contributed by atoms with Crippen LogP contribution in [-0.4, -0.2) is 49.3 Å². The van der Waals surface area contributed by atoms with Gasteiger partial charge in [0.2, 0.25) is 11.8 Å². The molecule has 1 aromatic rings. The van der Waals surface area contributed by atoms with Crippen molar-refractivity contribution in [3.8, 4) is 0 Å². The molecular formula is C20H28N2O6. The molecular weight excluding hydrogens is 364 g/mol. The fourth-order valence-corrected chi connectivity index (χ4v) is 3.15. The number of anilines is 2. The molecule has 0 aliphatic carbocycles. The third-order valence-corrected chi connectivity index (χ3v) is 4.65. The number of methoxy groups -OCH3 is 1. The Kier molecular flexibility index (Phi) is 6.79. The zero-order valence-electron chi connectivity index (χ0n) is 16.9. The van der Waals surface area contributed by atoms with Gasteiger partial charge in [0.15, 0.2) is 0 Å². The highest BCUT2D eigenvalue weighted by molar-refractivity contribution is 6.09. The molecule has 2 amide bonds. The van der Waals surface area contributed by atoms with Gasteiger partial charge in [-0.2, -0.15) is 0 Å². The van der Waals surface area contributed by atoms with E-state index in [0.29, 0.717) is 18.6 Å². The zero-order valence-corrected chi connectivity index (χ0v) is 16.9. The first-order chi connectivity index (χ1) is 13.1. The van der Waals surface area contributed by atoms with Crippen molar-refractivity contribution in [1.82, 2.24) is 0 Å². The Hall–Kier alpha value is -2.45. The Morgan fingerprint density at radius 3 is 2.46 bits per heavy atom. The van der Waals surface area contributed by atoms with Gasteiger partial charge in [-0.25, -0.2) is 4.79 Å². The second-order valence-electron chi connectivity index (χ2n) is 7.82. The molecule has 28 heavy (non-hydrogen) atoms. The van der Waals surface area contributed by atoms with Crippen LogP contribution in [0.4, 0.5) is 11.4 Å². The second-order valence-corrected chi connectivity index (χ2v) is 7.82. The van der Waals surface area contributed by atoms with E-state index in [2.05, 4.69) is 10.6 Å². The quantitative estimate of drug-likeness (QED) is 0.663. The Morgan fingerprint density at radius 2 is 1.93 bits per heavy atom. The summed E-state index contributed by atoms with van der Waals surface area (Å²) in [5, 5.41) is 15.1. The van der Waals surface area contributed by atoms with E-state index in [9.17, 15) is 19.5 Å². The predicted octanol–water partition coefficient (Wildman–Crippen LogP) is 2.28. The summed E-state index contributed by atoms with van der Waals surface area (Å²) in [6.45, 7) is 6.88. The highest BCUT2D eigenvalue weighted by Gasteiger charge is 2.34. The average Bonchev–Trinajstić information content (AvgIpc) is 3.08. The summed E-state index contributed by atoms with van der Waals surface area (Å²) >= 11 is 0. The lowest BCUT2D eigenvalue weighted by molar-refractivity contribution is -0.123. The van der Waals surface area contributed by atoms with Crippen LogP contribution in [0.1, 0.15) is 56.0 Å². The van der Waals surface area contributed by atoms with Gasteiger partial charge in [0, 0.05) is 24.9 Å². The molecule has 154 valence electrons. The van der Waals surface area contributed by atoms with E-state index in [1.54, 1.807) is 32.9 Å². The third-order valence-electron chi connectivity index (χ3n) is 4.65. The van der Waals surface area contributed by atoms with Crippen molar-refractivity contribution in [3.63, 3.8) is 0 Å². The summed E-state index contributed by atoms with van der Waals surface area (Å²) < 4.78 is 10.5. The number of benzene rings is 1. The van der Waals surface area contributed by atoms with Crippen molar-refractivity contribution in [2.75, 3.05) is 31.0 Å². The van der Waals surface area contributed by atoms with Crippen molar-refractivity contribution >= 4 is 29.2 Å². The molecule has 2 atom stereocenters. The Bertz CT molecular complexity index is 769. The summed E-state index contributed by atoms with van der Waals surface area (Å²) in [5.74, 6) is -1.54. The number of aliphatic hydroxyl groups is 1. The lowest BCUT2D eigenvalue weighted by Gasteiger charge is -2.25. The fraction of sp³-hybridized carbons (Fsp3) is 0.550. The van der Waals surface area contributed by atoms with Crippen LogP contribution in [0.15, 0.2) is 12.1 Å². The maximum Gasteiger partial charge on any atom is 0.342 e. The van der Waals surface area contributed by atoms with Crippen LogP contribution in [0, 0.1) is 5.41 Å². The first kappa shape index (κ1) is 21.8. The summed E-state index contributed by atoms with van der Waals surface area (Å²) in [7, 11) is 1.23. The van der Waals surface area contributed by atoms with Crippen molar-refractivity contribution < 1.29 is 29.0 Å². The summed E-state index contributed by atoms with van der Waals surface area (Å²) in [5.41, 5.74) is 0.553. The minimum Gasteiger partial charge on any atom is -0.465 e.